The number of aliphatic hydroxyl groups is 1. The lowest BCUT2D eigenvalue weighted by Crippen LogP contribution is -2.49. The third-order valence-corrected chi connectivity index (χ3v) is 5.41. The molecule has 1 fully saturated rings. The molecule has 1 aliphatic rings. The van der Waals surface area contributed by atoms with Gasteiger partial charge in [-0.15, -0.1) is 11.3 Å². The van der Waals surface area contributed by atoms with Gasteiger partial charge in [0.2, 0.25) is 0 Å². The first-order chi connectivity index (χ1) is 11.7. The van der Waals surface area contributed by atoms with Crippen molar-refractivity contribution < 1.29 is 5.11 Å². The van der Waals surface area contributed by atoms with Gasteiger partial charge in [0.05, 0.1) is 11.1 Å². The Kier molecular flexibility index (Phi) is 6.26. The summed E-state index contributed by atoms with van der Waals surface area (Å²) in [7, 11) is 2.07. The third-order valence-electron chi connectivity index (χ3n) is 4.48. The first kappa shape index (κ1) is 17.4. The van der Waals surface area contributed by atoms with Crippen LogP contribution >= 0.6 is 11.3 Å². The van der Waals surface area contributed by atoms with Crippen LogP contribution < -0.4 is 4.90 Å². The number of aliphatic hydroxyl groups excluding tert-OH is 1. The maximum atomic E-state index is 10.4. The lowest BCUT2D eigenvalue weighted by atomic mass is 10.2. The number of hydrogen-bond acceptors (Lipinski definition) is 5. The smallest absolute Gasteiger partial charge is 0.0909 e. The molecule has 0 saturated carbocycles. The number of thiophene rings is 1. The Morgan fingerprint density at radius 1 is 1.08 bits per heavy atom. The molecule has 5 heteroatoms. The maximum Gasteiger partial charge on any atom is 0.0909 e. The van der Waals surface area contributed by atoms with Crippen molar-refractivity contribution in [2.24, 2.45) is 0 Å². The number of anilines is 1. The van der Waals surface area contributed by atoms with Crippen LogP contribution in [0.2, 0.25) is 0 Å². The van der Waals surface area contributed by atoms with Crippen molar-refractivity contribution in [1.82, 2.24) is 9.80 Å². The van der Waals surface area contributed by atoms with Gasteiger partial charge in [-0.2, -0.15) is 0 Å². The van der Waals surface area contributed by atoms with Crippen LogP contribution in [0.1, 0.15) is 5.56 Å². The fraction of sp³-hybridized carbons (Fsp3) is 0.474. The van der Waals surface area contributed by atoms with E-state index < -0.39 is 0 Å². The Hall–Kier alpha value is -1.40. The van der Waals surface area contributed by atoms with E-state index in [-0.39, 0.29) is 6.10 Å². The second-order valence-corrected chi connectivity index (χ2v) is 7.50. The molecule has 0 spiro atoms. The summed E-state index contributed by atoms with van der Waals surface area (Å²) in [5.41, 5.74) is 1.29. The zero-order valence-electron chi connectivity index (χ0n) is 14.3. The molecule has 0 aliphatic carbocycles. The van der Waals surface area contributed by atoms with Crippen LogP contribution in [0.3, 0.4) is 0 Å². The largest absolute Gasteiger partial charge is 0.390 e. The summed E-state index contributed by atoms with van der Waals surface area (Å²) in [6, 6.07) is 14.7. The number of hydrogen-bond donors (Lipinski definition) is 1. The van der Waals surface area contributed by atoms with Crippen LogP contribution in [-0.2, 0) is 6.54 Å². The van der Waals surface area contributed by atoms with E-state index in [1.807, 2.05) is 6.07 Å². The summed E-state index contributed by atoms with van der Waals surface area (Å²) in [6.07, 6.45) is -0.299. The Morgan fingerprint density at radius 2 is 1.83 bits per heavy atom. The molecule has 1 atom stereocenters. The van der Waals surface area contributed by atoms with Gasteiger partial charge >= 0.3 is 0 Å². The van der Waals surface area contributed by atoms with Gasteiger partial charge in [-0.25, -0.2) is 0 Å². The van der Waals surface area contributed by atoms with Crippen molar-refractivity contribution in [3.05, 3.63) is 53.4 Å². The van der Waals surface area contributed by atoms with Crippen LogP contribution in [0.25, 0.3) is 0 Å². The molecule has 2 heterocycles. The van der Waals surface area contributed by atoms with E-state index in [4.69, 9.17) is 0 Å². The molecule has 1 aromatic carbocycles. The van der Waals surface area contributed by atoms with Gasteiger partial charge in [0.25, 0.3) is 0 Å². The lowest BCUT2D eigenvalue weighted by molar-refractivity contribution is 0.0777. The van der Waals surface area contributed by atoms with Gasteiger partial charge in [0.15, 0.2) is 0 Å². The summed E-state index contributed by atoms with van der Waals surface area (Å²) in [4.78, 5) is 7.02. The number of rotatable bonds is 7. The van der Waals surface area contributed by atoms with Crippen molar-refractivity contribution in [3.63, 3.8) is 0 Å². The Balaban J connectivity index is 1.38. The summed E-state index contributed by atoms with van der Waals surface area (Å²) >= 11 is 1.81. The molecule has 24 heavy (non-hydrogen) atoms. The Bertz CT molecular complexity index is 582. The molecule has 1 N–H and O–H groups in total. The topological polar surface area (TPSA) is 30.0 Å². The Labute approximate surface area is 148 Å². The minimum Gasteiger partial charge on any atom is -0.390 e. The van der Waals surface area contributed by atoms with Crippen LogP contribution in [0.15, 0.2) is 47.8 Å². The van der Waals surface area contributed by atoms with Crippen LogP contribution in [0.4, 0.5) is 5.00 Å². The molecule has 1 aliphatic heterocycles. The molecule has 1 aromatic heterocycles. The van der Waals surface area contributed by atoms with Gasteiger partial charge in [0.1, 0.15) is 0 Å². The zero-order chi connectivity index (χ0) is 16.8. The van der Waals surface area contributed by atoms with Crippen molar-refractivity contribution in [2.75, 3.05) is 51.2 Å². The van der Waals surface area contributed by atoms with E-state index in [1.165, 1.54) is 10.6 Å². The van der Waals surface area contributed by atoms with Crippen LogP contribution in [-0.4, -0.2) is 67.3 Å². The molecule has 130 valence electrons. The van der Waals surface area contributed by atoms with Gasteiger partial charge in [0, 0.05) is 45.8 Å². The second kappa shape index (κ2) is 8.62. The predicted octanol–water partition coefficient (Wildman–Crippen LogP) is 2.36. The summed E-state index contributed by atoms with van der Waals surface area (Å²) < 4.78 is 0. The normalized spacial score (nSPS) is 17.4. The van der Waals surface area contributed by atoms with E-state index >= 15 is 0 Å². The fourth-order valence-corrected chi connectivity index (χ4v) is 4.06. The van der Waals surface area contributed by atoms with Crippen LogP contribution in [0.5, 0.6) is 0 Å². The number of nitrogens with zero attached hydrogens (tertiary/aromatic N) is 3. The fourth-order valence-electron chi connectivity index (χ4n) is 3.28. The van der Waals surface area contributed by atoms with E-state index in [9.17, 15) is 5.11 Å². The van der Waals surface area contributed by atoms with Gasteiger partial charge in [-0.05, 0) is 30.1 Å². The van der Waals surface area contributed by atoms with E-state index in [1.54, 1.807) is 11.3 Å². The number of piperazine rings is 1. The van der Waals surface area contributed by atoms with Crippen molar-refractivity contribution in [1.29, 1.82) is 0 Å². The van der Waals surface area contributed by atoms with Crippen molar-refractivity contribution in [3.8, 4) is 0 Å². The Morgan fingerprint density at radius 3 is 2.50 bits per heavy atom. The summed E-state index contributed by atoms with van der Waals surface area (Å²) in [6.45, 7) is 6.50. The molecule has 3 rings (SSSR count). The molecular weight excluding hydrogens is 318 g/mol. The van der Waals surface area contributed by atoms with Crippen molar-refractivity contribution >= 4 is 16.3 Å². The quantitative estimate of drug-likeness (QED) is 0.834. The molecule has 4 nitrogen and oxygen atoms in total. The average Bonchev–Trinajstić information content (AvgIpc) is 3.10. The molecular formula is C19H27N3OS. The standard InChI is InChI=1S/C19H27N3OS/c1-20(14-17-6-3-2-4-7-17)15-18(23)16-21-9-11-22(12-10-21)19-8-5-13-24-19/h2-8,13,18,23H,9-12,14-16H2,1H3. The molecule has 2 aromatic rings. The first-order valence-corrected chi connectivity index (χ1v) is 9.50. The maximum absolute atomic E-state index is 10.4. The molecule has 1 unspecified atom stereocenters. The summed E-state index contributed by atoms with van der Waals surface area (Å²) in [5.74, 6) is 0. The average molecular weight is 346 g/mol. The van der Waals surface area contributed by atoms with E-state index in [2.05, 4.69) is 63.5 Å². The molecule has 0 amide bonds. The van der Waals surface area contributed by atoms with E-state index in [0.717, 1.165) is 39.3 Å². The first-order valence-electron chi connectivity index (χ1n) is 8.62. The molecule has 0 bridgehead atoms. The zero-order valence-corrected chi connectivity index (χ0v) is 15.2. The van der Waals surface area contributed by atoms with Gasteiger partial charge in [-0.3, -0.25) is 9.80 Å². The highest BCUT2D eigenvalue weighted by Crippen LogP contribution is 2.22. The van der Waals surface area contributed by atoms with Crippen LogP contribution in [0, 0.1) is 0 Å². The highest BCUT2D eigenvalue weighted by atomic mass is 32.1. The van der Waals surface area contributed by atoms with Crippen molar-refractivity contribution in [2.45, 2.75) is 12.6 Å². The number of benzene rings is 1. The monoisotopic (exact) mass is 345 g/mol. The minimum atomic E-state index is -0.299. The summed E-state index contributed by atoms with van der Waals surface area (Å²) in [5, 5.41) is 13.9. The van der Waals surface area contributed by atoms with E-state index in [0.29, 0.717) is 6.54 Å². The minimum absolute atomic E-state index is 0.299. The van der Waals surface area contributed by atoms with Gasteiger partial charge < -0.3 is 10.0 Å². The predicted molar refractivity (Wildman–Crippen MR) is 102 cm³/mol. The highest BCUT2D eigenvalue weighted by Gasteiger charge is 2.20. The highest BCUT2D eigenvalue weighted by molar-refractivity contribution is 7.14. The lowest BCUT2D eigenvalue weighted by Gasteiger charge is -2.36. The van der Waals surface area contributed by atoms with Gasteiger partial charge in [-0.1, -0.05) is 30.3 Å². The number of likely N-dealkylation sites (N-methyl/N-ethyl adjacent to an activating group) is 1. The second-order valence-electron chi connectivity index (χ2n) is 6.58. The molecule has 1 saturated heterocycles. The third kappa shape index (κ3) is 5.05. The SMILES string of the molecule is CN(Cc1ccccc1)CC(O)CN1CCN(c2cccs2)CC1. The number of β-amino-alcohol motifs (C(OH)–C–C–N with tert-alkyl or cyclic N) is 1. The molecule has 0 radical (unpaired) electrons.